The maximum absolute atomic E-state index is 12.8. The lowest BCUT2D eigenvalue weighted by atomic mass is 9.81. The zero-order valence-electron chi connectivity index (χ0n) is 14.7. The molecule has 142 valence electrons. The van der Waals surface area contributed by atoms with E-state index in [0.29, 0.717) is 16.9 Å². The van der Waals surface area contributed by atoms with E-state index in [1.165, 1.54) is 23.9 Å². The number of halogens is 3. The van der Waals surface area contributed by atoms with Gasteiger partial charge in [-0.2, -0.15) is 13.2 Å². The molecule has 8 heteroatoms. The molecule has 0 atom stereocenters. The molecule has 1 aliphatic carbocycles. The Morgan fingerprint density at radius 1 is 1.22 bits per heavy atom. The molecule has 0 saturated heterocycles. The van der Waals surface area contributed by atoms with Crippen LogP contribution in [0.1, 0.15) is 18.4 Å². The quantitative estimate of drug-likeness (QED) is 0.622. The number of aromatic amines is 1. The number of alkyl halides is 3. The third kappa shape index (κ3) is 3.76. The zero-order chi connectivity index (χ0) is 19.0. The Balaban J connectivity index is 1.33. The molecule has 2 aromatic heterocycles. The third-order valence-electron chi connectivity index (χ3n) is 5.07. The summed E-state index contributed by atoms with van der Waals surface area (Å²) in [6, 6.07) is 7.93. The smallest absolute Gasteiger partial charge is 0.356 e. The summed E-state index contributed by atoms with van der Waals surface area (Å²) in [4.78, 5) is 14.6. The van der Waals surface area contributed by atoms with Crippen molar-refractivity contribution in [1.82, 2.24) is 15.0 Å². The van der Waals surface area contributed by atoms with Crippen molar-refractivity contribution in [2.24, 2.45) is 5.92 Å². The Labute approximate surface area is 159 Å². The van der Waals surface area contributed by atoms with E-state index in [0.717, 1.165) is 41.5 Å². The van der Waals surface area contributed by atoms with Crippen molar-refractivity contribution in [3.8, 4) is 0 Å². The summed E-state index contributed by atoms with van der Waals surface area (Å²) in [5.41, 5.74) is 0.237. The molecule has 0 spiro atoms. The largest absolute Gasteiger partial charge is 0.416 e. The van der Waals surface area contributed by atoms with Crippen LogP contribution in [0, 0.1) is 5.92 Å². The van der Waals surface area contributed by atoms with Gasteiger partial charge < -0.3 is 9.88 Å². The van der Waals surface area contributed by atoms with Crippen LogP contribution in [0.2, 0.25) is 0 Å². The van der Waals surface area contributed by atoms with Gasteiger partial charge in [0.05, 0.1) is 10.9 Å². The number of anilines is 1. The van der Waals surface area contributed by atoms with E-state index in [-0.39, 0.29) is 0 Å². The molecule has 3 aromatic rings. The Morgan fingerprint density at radius 2 is 2.04 bits per heavy atom. The van der Waals surface area contributed by atoms with E-state index in [2.05, 4.69) is 19.9 Å². The molecule has 0 amide bonds. The van der Waals surface area contributed by atoms with Gasteiger partial charge in [-0.3, -0.25) is 0 Å². The minimum absolute atomic E-state index is 0.394. The molecule has 4 rings (SSSR count). The molecule has 0 radical (unpaired) electrons. The molecule has 4 nitrogen and oxygen atoms in total. The number of hydrogen-bond acceptors (Lipinski definition) is 4. The molecule has 0 bridgehead atoms. The summed E-state index contributed by atoms with van der Waals surface area (Å²) in [5.74, 6) is 2.24. The topological polar surface area (TPSA) is 44.8 Å². The van der Waals surface area contributed by atoms with Crippen LogP contribution >= 0.6 is 11.8 Å². The monoisotopic (exact) mass is 392 g/mol. The lowest BCUT2D eigenvalue weighted by Crippen LogP contribution is -2.43. The van der Waals surface area contributed by atoms with Crippen molar-refractivity contribution in [3.05, 3.63) is 48.4 Å². The van der Waals surface area contributed by atoms with E-state index in [1.807, 2.05) is 19.3 Å². The van der Waals surface area contributed by atoms with E-state index in [1.54, 1.807) is 12.4 Å². The van der Waals surface area contributed by atoms with Crippen LogP contribution in [0.25, 0.3) is 11.0 Å². The third-order valence-corrected chi connectivity index (χ3v) is 6.30. The van der Waals surface area contributed by atoms with E-state index in [9.17, 15) is 13.2 Å². The summed E-state index contributed by atoms with van der Waals surface area (Å²) in [5, 5.41) is 1.00. The molecule has 1 saturated carbocycles. The summed E-state index contributed by atoms with van der Waals surface area (Å²) >= 11 is 1.50. The van der Waals surface area contributed by atoms with Crippen molar-refractivity contribution in [1.29, 1.82) is 0 Å². The summed E-state index contributed by atoms with van der Waals surface area (Å²) < 4.78 is 38.4. The number of nitrogens with one attached hydrogen (secondary N) is 1. The number of benzene rings is 1. The van der Waals surface area contributed by atoms with Crippen LogP contribution in [0.3, 0.4) is 0 Å². The Morgan fingerprint density at radius 3 is 2.81 bits per heavy atom. The van der Waals surface area contributed by atoms with Crippen LogP contribution in [0.4, 0.5) is 19.0 Å². The van der Waals surface area contributed by atoms with Gasteiger partial charge in [-0.25, -0.2) is 9.97 Å². The first-order valence-corrected chi connectivity index (χ1v) is 9.71. The number of aromatic nitrogens is 3. The zero-order valence-corrected chi connectivity index (χ0v) is 15.5. The Hall–Kier alpha value is -2.22. The first kappa shape index (κ1) is 18.2. The van der Waals surface area contributed by atoms with Gasteiger partial charge in [0.25, 0.3) is 0 Å². The van der Waals surface area contributed by atoms with Crippen molar-refractivity contribution in [3.63, 3.8) is 0 Å². The number of nitrogens with zero attached hydrogens (tertiary/aromatic N) is 3. The minimum Gasteiger partial charge on any atom is -0.356 e. The average Bonchev–Trinajstić information content (AvgIpc) is 3.08. The van der Waals surface area contributed by atoms with Crippen LogP contribution < -0.4 is 4.90 Å². The SMILES string of the molecule is CN(c1ncnc2[nH]ccc12)C1CC(CSc2cccc(C(F)(F)F)c2)C1. The molecule has 1 aromatic carbocycles. The number of thioether (sulfide) groups is 1. The molecule has 1 aliphatic rings. The maximum Gasteiger partial charge on any atom is 0.416 e. The van der Waals surface area contributed by atoms with Gasteiger partial charge in [0.2, 0.25) is 0 Å². The van der Waals surface area contributed by atoms with E-state index >= 15 is 0 Å². The highest BCUT2D eigenvalue weighted by Gasteiger charge is 2.34. The van der Waals surface area contributed by atoms with Crippen molar-refractivity contribution < 1.29 is 13.2 Å². The molecule has 0 unspecified atom stereocenters. The molecular formula is C19H19F3N4S. The first-order valence-electron chi connectivity index (χ1n) is 8.73. The molecular weight excluding hydrogens is 373 g/mol. The fraction of sp³-hybridized carbons (Fsp3) is 0.368. The molecule has 0 aliphatic heterocycles. The molecule has 1 N–H and O–H groups in total. The Kier molecular flexibility index (Phi) is 4.75. The van der Waals surface area contributed by atoms with Crippen molar-refractivity contribution in [2.75, 3.05) is 17.7 Å². The molecule has 2 heterocycles. The van der Waals surface area contributed by atoms with Gasteiger partial charge >= 0.3 is 6.18 Å². The van der Waals surface area contributed by atoms with Crippen molar-refractivity contribution >= 4 is 28.6 Å². The van der Waals surface area contributed by atoms with E-state index < -0.39 is 11.7 Å². The number of hydrogen-bond donors (Lipinski definition) is 1. The summed E-state index contributed by atoms with van der Waals surface area (Å²) in [7, 11) is 2.04. The maximum atomic E-state index is 12.8. The van der Waals surface area contributed by atoms with Gasteiger partial charge in [0, 0.05) is 29.9 Å². The van der Waals surface area contributed by atoms with Gasteiger partial charge in [0.1, 0.15) is 17.8 Å². The standard InChI is InChI=1S/C19H19F3N4S/c1-26(18-16-5-6-23-17(16)24-11-25-18)14-7-12(8-14)10-27-15-4-2-3-13(9-15)19(20,21)22/h2-6,9,11-12,14H,7-8,10H2,1H3,(H,23,24,25). The predicted molar refractivity (Wildman–Crippen MR) is 101 cm³/mol. The lowest BCUT2D eigenvalue weighted by molar-refractivity contribution is -0.137. The highest BCUT2D eigenvalue weighted by Crippen LogP contribution is 2.39. The predicted octanol–water partition coefficient (Wildman–Crippen LogP) is 4.98. The second kappa shape index (κ2) is 7.07. The normalized spacial score (nSPS) is 19.9. The fourth-order valence-electron chi connectivity index (χ4n) is 3.44. The van der Waals surface area contributed by atoms with Crippen LogP contribution in [0.5, 0.6) is 0 Å². The van der Waals surface area contributed by atoms with Crippen LogP contribution in [0.15, 0.2) is 47.8 Å². The number of H-pyrrole nitrogens is 1. The van der Waals surface area contributed by atoms with E-state index in [4.69, 9.17) is 0 Å². The highest BCUT2D eigenvalue weighted by atomic mass is 32.2. The molecule has 1 fully saturated rings. The first-order chi connectivity index (χ1) is 12.9. The van der Waals surface area contributed by atoms with Gasteiger partial charge in [-0.1, -0.05) is 6.07 Å². The highest BCUT2D eigenvalue weighted by molar-refractivity contribution is 7.99. The van der Waals surface area contributed by atoms with Crippen LogP contribution in [-0.4, -0.2) is 33.8 Å². The van der Waals surface area contributed by atoms with Crippen LogP contribution in [-0.2, 0) is 6.18 Å². The Bertz CT molecular complexity index is 934. The van der Waals surface area contributed by atoms with Gasteiger partial charge in [-0.15, -0.1) is 11.8 Å². The second-order valence-corrected chi connectivity index (χ2v) is 7.97. The lowest BCUT2D eigenvalue weighted by Gasteiger charge is -2.41. The number of rotatable bonds is 5. The van der Waals surface area contributed by atoms with Gasteiger partial charge in [-0.05, 0) is 43.0 Å². The fourth-order valence-corrected chi connectivity index (χ4v) is 4.53. The second-order valence-electron chi connectivity index (χ2n) is 6.88. The molecule has 27 heavy (non-hydrogen) atoms. The number of fused-ring (bicyclic) bond motifs is 1. The van der Waals surface area contributed by atoms with Gasteiger partial charge in [0.15, 0.2) is 0 Å². The average molecular weight is 392 g/mol. The van der Waals surface area contributed by atoms with Crippen molar-refractivity contribution in [2.45, 2.75) is 30.0 Å². The summed E-state index contributed by atoms with van der Waals surface area (Å²) in [6.45, 7) is 0. The minimum atomic E-state index is -4.29. The summed E-state index contributed by atoms with van der Waals surface area (Å²) in [6.07, 6.45) is 1.15.